The molecule has 92 valence electrons. The molecule has 0 aliphatic rings. The van der Waals surface area contributed by atoms with Crippen molar-refractivity contribution >= 4 is 16.9 Å². The third kappa shape index (κ3) is 2.36. The Bertz CT molecular complexity index is 508. The van der Waals surface area contributed by atoms with E-state index in [-0.39, 0.29) is 5.92 Å². The lowest BCUT2D eigenvalue weighted by Crippen LogP contribution is -2.25. The van der Waals surface area contributed by atoms with Crippen LogP contribution in [-0.2, 0) is 7.05 Å². The van der Waals surface area contributed by atoms with Crippen molar-refractivity contribution in [3.05, 3.63) is 12.5 Å². The molecule has 1 unspecified atom stereocenters. The van der Waals surface area contributed by atoms with Crippen LogP contribution in [0.25, 0.3) is 11.0 Å². The summed E-state index contributed by atoms with van der Waals surface area (Å²) in [4.78, 5) is 8.32. The number of nitrogens with zero attached hydrogens (tertiary/aromatic N) is 4. The molecule has 2 aromatic rings. The molecular formula is C11H17N5O. The molecule has 0 fully saturated rings. The van der Waals surface area contributed by atoms with E-state index in [9.17, 15) is 5.11 Å². The quantitative estimate of drug-likeness (QED) is 0.819. The molecule has 2 aromatic heterocycles. The summed E-state index contributed by atoms with van der Waals surface area (Å²) in [6.07, 6.45) is 2.82. The van der Waals surface area contributed by atoms with E-state index < -0.39 is 6.10 Å². The summed E-state index contributed by atoms with van der Waals surface area (Å²) in [5.74, 6) is 0.927. The molecule has 0 spiro atoms. The second-order valence-electron chi connectivity index (χ2n) is 4.42. The first kappa shape index (κ1) is 11.8. The number of rotatable bonds is 4. The molecule has 6 nitrogen and oxygen atoms in total. The van der Waals surface area contributed by atoms with E-state index in [0.29, 0.717) is 12.4 Å². The van der Waals surface area contributed by atoms with Crippen molar-refractivity contribution in [1.29, 1.82) is 0 Å². The number of aromatic nitrogens is 4. The van der Waals surface area contributed by atoms with Gasteiger partial charge in [-0.2, -0.15) is 5.10 Å². The SMILES string of the molecule is CC(C)C(O)CNc1ncnc2c1cnn2C. The Labute approximate surface area is 99.7 Å². The smallest absolute Gasteiger partial charge is 0.163 e. The fourth-order valence-electron chi connectivity index (χ4n) is 1.54. The molecule has 0 aromatic carbocycles. The summed E-state index contributed by atoms with van der Waals surface area (Å²) in [6.45, 7) is 4.43. The van der Waals surface area contributed by atoms with E-state index in [0.717, 1.165) is 11.0 Å². The molecule has 0 saturated carbocycles. The number of fused-ring (bicyclic) bond motifs is 1. The van der Waals surface area contributed by atoms with Gasteiger partial charge < -0.3 is 10.4 Å². The van der Waals surface area contributed by atoms with Crippen LogP contribution in [-0.4, -0.2) is 37.5 Å². The normalized spacial score (nSPS) is 13.2. The van der Waals surface area contributed by atoms with Crippen LogP contribution >= 0.6 is 0 Å². The van der Waals surface area contributed by atoms with Gasteiger partial charge in [-0.05, 0) is 5.92 Å². The van der Waals surface area contributed by atoms with E-state index in [4.69, 9.17) is 0 Å². The number of aliphatic hydroxyl groups is 1. The molecule has 0 aliphatic heterocycles. The molecule has 2 rings (SSSR count). The Hall–Kier alpha value is -1.69. The average molecular weight is 235 g/mol. The summed E-state index contributed by atoms with van der Waals surface area (Å²) in [5.41, 5.74) is 0.779. The van der Waals surface area contributed by atoms with Gasteiger partial charge >= 0.3 is 0 Å². The maximum atomic E-state index is 9.74. The summed E-state index contributed by atoms with van der Waals surface area (Å²) < 4.78 is 1.70. The highest BCUT2D eigenvalue weighted by atomic mass is 16.3. The van der Waals surface area contributed by atoms with Crippen LogP contribution in [0, 0.1) is 5.92 Å². The predicted octanol–water partition coefficient (Wildman–Crippen LogP) is 0.792. The lowest BCUT2D eigenvalue weighted by molar-refractivity contribution is 0.138. The Morgan fingerprint density at radius 3 is 2.88 bits per heavy atom. The van der Waals surface area contributed by atoms with Gasteiger partial charge in [-0.3, -0.25) is 4.68 Å². The fraction of sp³-hybridized carbons (Fsp3) is 0.545. The largest absolute Gasteiger partial charge is 0.391 e. The van der Waals surface area contributed by atoms with Crippen molar-refractivity contribution in [3.8, 4) is 0 Å². The van der Waals surface area contributed by atoms with Gasteiger partial charge in [0, 0.05) is 13.6 Å². The van der Waals surface area contributed by atoms with Crippen molar-refractivity contribution in [1.82, 2.24) is 19.7 Å². The molecule has 2 N–H and O–H groups in total. The summed E-state index contributed by atoms with van der Waals surface area (Å²) >= 11 is 0. The van der Waals surface area contributed by atoms with Crippen LogP contribution in [0.3, 0.4) is 0 Å². The lowest BCUT2D eigenvalue weighted by atomic mass is 10.1. The zero-order chi connectivity index (χ0) is 12.4. The summed E-state index contributed by atoms with van der Waals surface area (Å²) in [6, 6.07) is 0. The highest BCUT2D eigenvalue weighted by Gasteiger charge is 2.11. The Morgan fingerprint density at radius 1 is 1.41 bits per heavy atom. The third-order valence-corrected chi connectivity index (χ3v) is 2.78. The van der Waals surface area contributed by atoms with Crippen molar-refractivity contribution in [2.75, 3.05) is 11.9 Å². The van der Waals surface area contributed by atoms with Gasteiger partial charge in [0.1, 0.15) is 12.1 Å². The third-order valence-electron chi connectivity index (χ3n) is 2.78. The van der Waals surface area contributed by atoms with Crippen LogP contribution in [0.1, 0.15) is 13.8 Å². The number of hydrogen-bond acceptors (Lipinski definition) is 5. The van der Waals surface area contributed by atoms with Gasteiger partial charge in [0.15, 0.2) is 5.65 Å². The van der Waals surface area contributed by atoms with Crippen LogP contribution in [0.5, 0.6) is 0 Å². The summed E-state index contributed by atoms with van der Waals surface area (Å²) in [7, 11) is 1.84. The monoisotopic (exact) mass is 235 g/mol. The minimum atomic E-state index is -0.392. The van der Waals surface area contributed by atoms with E-state index in [2.05, 4.69) is 20.4 Å². The Morgan fingerprint density at radius 2 is 2.18 bits per heavy atom. The highest BCUT2D eigenvalue weighted by Crippen LogP contribution is 2.17. The fourth-order valence-corrected chi connectivity index (χ4v) is 1.54. The first-order chi connectivity index (χ1) is 8.09. The van der Waals surface area contributed by atoms with E-state index in [1.54, 1.807) is 10.9 Å². The van der Waals surface area contributed by atoms with Crippen molar-refractivity contribution in [2.45, 2.75) is 20.0 Å². The van der Waals surface area contributed by atoms with Crippen molar-refractivity contribution in [2.24, 2.45) is 13.0 Å². The molecule has 0 aliphatic carbocycles. The minimum Gasteiger partial charge on any atom is -0.391 e. The van der Waals surface area contributed by atoms with Gasteiger partial charge in [0.2, 0.25) is 0 Å². The van der Waals surface area contributed by atoms with Crippen LogP contribution in [0.4, 0.5) is 5.82 Å². The van der Waals surface area contributed by atoms with Gasteiger partial charge in [0.25, 0.3) is 0 Å². The molecule has 0 amide bonds. The molecule has 17 heavy (non-hydrogen) atoms. The van der Waals surface area contributed by atoms with E-state index in [1.807, 2.05) is 20.9 Å². The van der Waals surface area contributed by atoms with Gasteiger partial charge in [0.05, 0.1) is 17.7 Å². The van der Waals surface area contributed by atoms with Gasteiger partial charge in [-0.1, -0.05) is 13.8 Å². The highest BCUT2D eigenvalue weighted by molar-refractivity contribution is 5.85. The Kier molecular flexibility index (Phi) is 3.23. The van der Waals surface area contributed by atoms with E-state index >= 15 is 0 Å². The molecule has 0 radical (unpaired) electrons. The number of aryl methyl sites for hydroxylation is 1. The molecular weight excluding hydrogens is 218 g/mol. The number of aliphatic hydroxyl groups excluding tert-OH is 1. The first-order valence-corrected chi connectivity index (χ1v) is 5.64. The van der Waals surface area contributed by atoms with Gasteiger partial charge in [-0.15, -0.1) is 0 Å². The maximum Gasteiger partial charge on any atom is 0.163 e. The summed E-state index contributed by atoms with van der Waals surface area (Å²) in [5, 5.41) is 17.9. The topological polar surface area (TPSA) is 75.9 Å². The van der Waals surface area contributed by atoms with Crippen LogP contribution in [0.15, 0.2) is 12.5 Å². The van der Waals surface area contributed by atoms with Crippen LogP contribution < -0.4 is 5.32 Å². The van der Waals surface area contributed by atoms with Crippen LogP contribution in [0.2, 0.25) is 0 Å². The average Bonchev–Trinajstić information content (AvgIpc) is 2.69. The van der Waals surface area contributed by atoms with Crippen molar-refractivity contribution in [3.63, 3.8) is 0 Å². The molecule has 6 heteroatoms. The number of hydrogen-bond donors (Lipinski definition) is 2. The molecule has 2 heterocycles. The second-order valence-corrected chi connectivity index (χ2v) is 4.42. The molecule has 0 saturated heterocycles. The Balaban J connectivity index is 2.19. The standard InChI is InChI=1S/C11H17N5O/c1-7(2)9(17)5-12-10-8-4-15-16(3)11(8)14-6-13-10/h4,6-7,9,17H,5H2,1-3H3,(H,12,13,14). The maximum absolute atomic E-state index is 9.74. The lowest BCUT2D eigenvalue weighted by Gasteiger charge is -2.15. The predicted molar refractivity (Wildman–Crippen MR) is 65.6 cm³/mol. The van der Waals surface area contributed by atoms with Crippen molar-refractivity contribution < 1.29 is 5.11 Å². The molecule has 1 atom stereocenters. The molecule has 0 bridgehead atoms. The second kappa shape index (κ2) is 4.67. The van der Waals surface area contributed by atoms with E-state index in [1.165, 1.54) is 6.33 Å². The zero-order valence-electron chi connectivity index (χ0n) is 10.3. The number of anilines is 1. The van der Waals surface area contributed by atoms with Gasteiger partial charge in [-0.25, -0.2) is 9.97 Å². The minimum absolute atomic E-state index is 0.216. The number of nitrogens with one attached hydrogen (secondary N) is 1. The first-order valence-electron chi connectivity index (χ1n) is 5.64. The zero-order valence-corrected chi connectivity index (χ0v) is 10.3.